The van der Waals surface area contributed by atoms with Gasteiger partial charge in [0.25, 0.3) is 0 Å². The molecule has 0 aliphatic rings. The van der Waals surface area contributed by atoms with Crippen LogP contribution < -0.4 is 15.8 Å². The van der Waals surface area contributed by atoms with Crippen molar-refractivity contribution in [1.29, 1.82) is 0 Å². The summed E-state index contributed by atoms with van der Waals surface area (Å²) < 4.78 is 5.34. The Bertz CT molecular complexity index is 471. The fraction of sp³-hybridized carbons (Fsp3) is 0.250. The monoisotopic (exact) mass is 249 g/mol. The number of nitrogens with zero attached hydrogens (tertiary/aromatic N) is 1. The van der Waals surface area contributed by atoms with Gasteiger partial charge < -0.3 is 15.8 Å². The van der Waals surface area contributed by atoms with E-state index in [9.17, 15) is 0 Å². The number of ether oxygens (including phenoxy) is 1. The predicted molar refractivity (Wildman–Crippen MR) is 71.5 cm³/mol. The molecule has 0 spiro atoms. The van der Waals surface area contributed by atoms with Gasteiger partial charge in [0.05, 0.1) is 18.8 Å². The molecule has 5 heteroatoms. The maximum absolute atomic E-state index is 5.75. The molecule has 2 heterocycles. The van der Waals surface area contributed by atoms with Crippen LogP contribution in [0.15, 0.2) is 29.6 Å². The standard InChI is InChI=1S/C12H15N3OS/c1-2-16-12-10(13)5-6-11(15-12)14-8-9-4-3-7-17-9/h3-7H,2,8,13H2,1H3,(H,14,15). The highest BCUT2D eigenvalue weighted by Crippen LogP contribution is 2.21. The van der Waals surface area contributed by atoms with Crippen LogP contribution >= 0.6 is 11.3 Å². The molecular formula is C12H15N3OS. The van der Waals surface area contributed by atoms with Crippen molar-refractivity contribution in [2.75, 3.05) is 17.7 Å². The Balaban J connectivity index is 2.03. The second-order valence-electron chi connectivity index (χ2n) is 3.46. The Morgan fingerprint density at radius 2 is 2.29 bits per heavy atom. The van der Waals surface area contributed by atoms with Gasteiger partial charge in [-0.2, -0.15) is 4.98 Å². The normalized spacial score (nSPS) is 10.2. The van der Waals surface area contributed by atoms with E-state index in [1.807, 2.05) is 19.1 Å². The molecule has 0 radical (unpaired) electrons. The summed E-state index contributed by atoms with van der Waals surface area (Å²) in [5.74, 6) is 1.26. The van der Waals surface area contributed by atoms with Gasteiger partial charge in [-0.1, -0.05) is 6.07 Å². The minimum Gasteiger partial charge on any atom is -0.476 e. The highest BCUT2D eigenvalue weighted by Gasteiger charge is 2.03. The number of nitrogens with one attached hydrogen (secondary N) is 1. The lowest BCUT2D eigenvalue weighted by Crippen LogP contribution is -2.04. The van der Waals surface area contributed by atoms with Crippen molar-refractivity contribution < 1.29 is 4.74 Å². The van der Waals surface area contributed by atoms with E-state index in [0.29, 0.717) is 18.2 Å². The minimum absolute atomic E-state index is 0.490. The summed E-state index contributed by atoms with van der Waals surface area (Å²) >= 11 is 1.71. The van der Waals surface area contributed by atoms with E-state index < -0.39 is 0 Å². The maximum Gasteiger partial charge on any atom is 0.239 e. The third-order valence-electron chi connectivity index (χ3n) is 2.19. The second kappa shape index (κ2) is 5.54. The first-order valence-electron chi connectivity index (χ1n) is 5.45. The quantitative estimate of drug-likeness (QED) is 0.855. The van der Waals surface area contributed by atoms with Gasteiger partial charge in [-0.25, -0.2) is 0 Å². The number of nitrogen functional groups attached to an aromatic ring is 1. The number of hydrogen-bond acceptors (Lipinski definition) is 5. The summed E-state index contributed by atoms with van der Waals surface area (Å²) in [4.78, 5) is 5.57. The summed E-state index contributed by atoms with van der Waals surface area (Å²) in [5.41, 5.74) is 6.32. The Labute approximate surface area is 104 Å². The van der Waals surface area contributed by atoms with Crippen LogP contribution in [-0.4, -0.2) is 11.6 Å². The molecule has 2 aromatic rings. The van der Waals surface area contributed by atoms with Crippen LogP contribution in [0.3, 0.4) is 0 Å². The molecular weight excluding hydrogens is 234 g/mol. The first kappa shape index (κ1) is 11.7. The summed E-state index contributed by atoms with van der Waals surface area (Å²) in [5, 5.41) is 5.29. The van der Waals surface area contributed by atoms with E-state index in [-0.39, 0.29) is 0 Å². The number of anilines is 2. The average Bonchev–Trinajstić information content (AvgIpc) is 2.83. The van der Waals surface area contributed by atoms with E-state index in [4.69, 9.17) is 10.5 Å². The van der Waals surface area contributed by atoms with Crippen molar-refractivity contribution in [2.24, 2.45) is 0 Å². The zero-order valence-corrected chi connectivity index (χ0v) is 10.5. The van der Waals surface area contributed by atoms with Crippen LogP contribution in [0.4, 0.5) is 11.5 Å². The Morgan fingerprint density at radius 3 is 3.00 bits per heavy atom. The zero-order valence-electron chi connectivity index (χ0n) is 9.64. The molecule has 0 aromatic carbocycles. The minimum atomic E-state index is 0.490. The van der Waals surface area contributed by atoms with Crippen LogP contribution in [0.2, 0.25) is 0 Å². The highest BCUT2D eigenvalue weighted by molar-refractivity contribution is 7.09. The van der Waals surface area contributed by atoms with Crippen molar-refractivity contribution in [3.63, 3.8) is 0 Å². The van der Waals surface area contributed by atoms with Crippen LogP contribution in [0.25, 0.3) is 0 Å². The van der Waals surface area contributed by atoms with E-state index in [1.165, 1.54) is 4.88 Å². The summed E-state index contributed by atoms with van der Waals surface area (Å²) in [6, 6.07) is 7.77. The van der Waals surface area contributed by atoms with Crippen molar-refractivity contribution >= 4 is 22.8 Å². The fourth-order valence-corrected chi connectivity index (χ4v) is 2.04. The van der Waals surface area contributed by atoms with E-state index in [1.54, 1.807) is 17.4 Å². The Morgan fingerprint density at radius 1 is 1.41 bits per heavy atom. The smallest absolute Gasteiger partial charge is 0.239 e. The fourth-order valence-electron chi connectivity index (χ4n) is 1.39. The number of rotatable bonds is 5. The number of nitrogens with two attached hydrogens (primary N) is 1. The predicted octanol–water partition coefficient (Wildman–Crippen LogP) is 2.74. The third kappa shape index (κ3) is 3.10. The topological polar surface area (TPSA) is 60.2 Å². The number of aromatic nitrogens is 1. The third-order valence-corrected chi connectivity index (χ3v) is 3.07. The SMILES string of the molecule is CCOc1nc(NCc2cccs2)ccc1N. The van der Waals surface area contributed by atoms with Gasteiger partial charge in [-0.05, 0) is 30.5 Å². The van der Waals surface area contributed by atoms with Crippen LogP contribution in [0, 0.1) is 0 Å². The summed E-state index contributed by atoms with van der Waals surface area (Å²) in [6.45, 7) is 3.23. The molecule has 0 saturated carbocycles. The zero-order chi connectivity index (χ0) is 12.1. The lowest BCUT2D eigenvalue weighted by molar-refractivity contribution is 0.329. The van der Waals surface area contributed by atoms with E-state index >= 15 is 0 Å². The molecule has 0 atom stereocenters. The second-order valence-corrected chi connectivity index (χ2v) is 4.49. The number of thiophene rings is 1. The molecule has 3 N–H and O–H groups in total. The average molecular weight is 249 g/mol. The van der Waals surface area contributed by atoms with Gasteiger partial charge in [-0.3, -0.25) is 0 Å². The first-order chi connectivity index (χ1) is 8.29. The maximum atomic E-state index is 5.75. The van der Waals surface area contributed by atoms with Gasteiger partial charge in [-0.15, -0.1) is 11.3 Å². The summed E-state index contributed by atoms with van der Waals surface area (Å²) in [7, 11) is 0. The Kier molecular flexibility index (Phi) is 3.82. The van der Waals surface area contributed by atoms with Crippen molar-refractivity contribution in [3.8, 4) is 5.88 Å². The lowest BCUT2D eigenvalue weighted by atomic mass is 10.4. The van der Waals surface area contributed by atoms with Crippen LogP contribution in [0.1, 0.15) is 11.8 Å². The van der Waals surface area contributed by atoms with Gasteiger partial charge in [0, 0.05) is 4.88 Å². The van der Waals surface area contributed by atoms with Gasteiger partial charge in [0.1, 0.15) is 5.82 Å². The largest absolute Gasteiger partial charge is 0.476 e. The van der Waals surface area contributed by atoms with Gasteiger partial charge in [0.2, 0.25) is 5.88 Å². The lowest BCUT2D eigenvalue weighted by Gasteiger charge is -2.09. The molecule has 0 bridgehead atoms. The molecule has 0 unspecified atom stereocenters. The van der Waals surface area contributed by atoms with Gasteiger partial charge in [0.15, 0.2) is 0 Å². The van der Waals surface area contributed by atoms with Crippen molar-refractivity contribution in [2.45, 2.75) is 13.5 Å². The summed E-state index contributed by atoms with van der Waals surface area (Å²) in [6.07, 6.45) is 0. The molecule has 90 valence electrons. The van der Waals surface area contributed by atoms with E-state index in [0.717, 1.165) is 12.4 Å². The molecule has 0 amide bonds. The molecule has 0 saturated heterocycles. The van der Waals surface area contributed by atoms with Crippen molar-refractivity contribution in [3.05, 3.63) is 34.5 Å². The highest BCUT2D eigenvalue weighted by atomic mass is 32.1. The van der Waals surface area contributed by atoms with Gasteiger partial charge >= 0.3 is 0 Å². The van der Waals surface area contributed by atoms with Crippen molar-refractivity contribution in [1.82, 2.24) is 4.98 Å². The molecule has 0 fully saturated rings. The number of pyridine rings is 1. The molecule has 2 rings (SSSR count). The molecule has 0 aliphatic carbocycles. The Hall–Kier alpha value is -1.75. The number of hydrogen-bond donors (Lipinski definition) is 2. The van der Waals surface area contributed by atoms with E-state index in [2.05, 4.69) is 21.7 Å². The first-order valence-corrected chi connectivity index (χ1v) is 6.33. The molecule has 2 aromatic heterocycles. The van der Waals surface area contributed by atoms with Crippen LogP contribution in [-0.2, 0) is 6.54 Å². The molecule has 0 aliphatic heterocycles. The molecule has 4 nitrogen and oxygen atoms in total. The van der Waals surface area contributed by atoms with Crippen LogP contribution in [0.5, 0.6) is 5.88 Å². The molecule has 17 heavy (non-hydrogen) atoms.